The van der Waals surface area contributed by atoms with Gasteiger partial charge in [0.25, 0.3) is 0 Å². The lowest BCUT2D eigenvalue weighted by Crippen LogP contribution is -2.63. The Bertz CT molecular complexity index is 422. The number of hydrogen-bond donors (Lipinski definition) is 7. The third-order valence-electron chi connectivity index (χ3n) is 4.98. The highest BCUT2D eigenvalue weighted by Gasteiger charge is 2.50. The van der Waals surface area contributed by atoms with E-state index in [4.69, 9.17) is 14.2 Å². The highest BCUT2D eigenvalue weighted by Crippen LogP contribution is 2.32. The summed E-state index contributed by atoms with van der Waals surface area (Å²) in [4.78, 5) is 0. The molecule has 2 aliphatic rings. The highest BCUT2D eigenvalue weighted by atomic mass is 16.7. The molecule has 1 saturated carbocycles. The molecular weight excluding hydrogens is 352 g/mol. The summed E-state index contributed by atoms with van der Waals surface area (Å²) in [5.41, 5.74) is 0. The Labute approximate surface area is 151 Å². The first-order chi connectivity index (χ1) is 12.3. The third-order valence-corrected chi connectivity index (χ3v) is 4.98. The van der Waals surface area contributed by atoms with Crippen molar-refractivity contribution in [2.75, 3.05) is 19.8 Å². The van der Waals surface area contributed by atoms with Crippen molar-refractivity contribution in [3.05, 3.63) is 0 Å². The molecule has 0 aromatic carbocycles. The van der Waals surface area contributed by atoms with Crippen LogP contribution in [-0.2, 0) is 14.2 Å². The average Bonchev–Trinajstić information content (AvgIpc) is 2.64. The summed E-state index contributed by atoms with van der Waals surface area (Å²) in [6.07, 6.45) is -10.9. The predicted molar refractivity (Wildman–Crippen MR) is 85.9 cm³/mol. The fraction of sp³-hybridized carbons (Fsp3) is 1.00. The molecule has 1 aliphatic carbocycles. The Morgan fingerprint density at radius 2 is 1.58 bits per heavy atom. The minimum atomic E-state index is -1.53. The topological polar surface area (TPSA) is 169 Å². The second-order valence-electron chi connectivity index (χ2n) is 6.87. The minimum absolute atomic E-state index is 0.0269. The van der Waals surface area contributed by atoms with Gasteiger partial charge in [-0.3, -0.25) is 0 Å². The minimum Gasteiger partial charge on any atom is -0.396 e. The maximum atomic E-state index is 10.4. The predicted octanol–water partition coefficient (Wildman–Crippen LogP) is -3.30. The standard InChI is InChI=1S/C16H30O10/c1-2-3-24-16-15(14(23)12(21)9(6-18)26-16)25-8-4-7(5-17)10(19)13(22)11(8)20/h7-23H,2-6H2,1H3/t7-,8+,9-,10-,11-,12-,13+,14+,15+,16+/m1/s1. The van der Waals surface area contributed by atoms with Crippen molar-refractivity contribution in [2.24, 2.45) is 5.92 Å². The van der Waals surface area contributed by atoms with Gasteiger partial charge in [0.15, 0.2) is 6.29 Å². The molecular formula is C16H30O10. The molecule has 10 heteroatoms. The van der Waals surface area contributed by atoms with Crippen LogP contribution >= 0.6 is 0 Å². The largest absolute Gasteiger partial charge is 0.396 e. The zero-order valence-electron chi connectivity index (χ0n) is 14.7. The van der Waals surface area contributed by atoms with Crippen molar-refractivity contribution in [1.29, 1.82) is 0 Å². The molecule has 10 atom stereocenters. The van der Waals surface area contributed by atoms with Gasteiger partial charge >= 0.3 is 0 Å². The Morgan fingerprint density at radius 1 is 0.885 bits per heavy atom. The molecule has 0 spiro atoms. The van der Waals surface area contributed by atoms with Crippen LogP contribution < -0.4 is 0 Å². The number of rotatable bonds is 7. The van der Waals surface area contributed by atoms with Crippen LogP contribution in [0.3, 0.4) is 0 Å². The molecule has 0 amide bonds. The van der Waals surface area contributed by atoms with Crippen molar-refractivity contribution in [2.45, 2.75) is 74.9 Å². The molecule has 2 fully saturated rings. The molecule has 154 valence electrons. The lowest BCUT2D eigenvalue weighted by Gasteiger charge is -2.46. The van der Waals surface area contributed by atoms with Gasteiger partial charge in [-0.25, -0.2) is 0 Å². The van der Waals surface area contributed by atoms with E-state index in [1.54, 1.807) is 0 Å². The Hall–Kier alpha value is -0.400. The third kappa shape index (κ3) is 4.53. The first kappa shape index (κ1) is 21.9. The van der Waals surface area contributed by atoms with Crippen LogP contribution in [0.25, 0.3) is 0 Å². The summed E-state index contributed by atoms with van der Waals surface area (Å²) in [5.74, 6) is -0.717. The quantitative estimate of drug-likeness (QED) is 0.237. The van der Waals surface area contributed by atoms with Crippen LogP contribution in [0.4, 0.5) is 0 Å². The molecule has 1 heterocycles. The maximum Gasteiger partial charge on any atom is 0.186 e. The summed E-state index contributed by atoms with van der Waals surface area (Å²) in [6.45, 7) is 1.20. The number of ether oxygens (including phenoxy) is 3. The molecule has 7 N–H and O–H groups in total. The van der Waals surface area contributed by atoms with E-state index in [1.165, 1.54) is 0 Å². The first-order valence-corrected chi connectivity index (χ1v) is 8.90. The van der Waals surface area contributed by atoms with Gasteiger partial charge in [0.2, 0.25) is 0 Å². The molecule has 2 rings (SSSR count). The fourth-order valence-corrected chi connectivity index (χ4v) is 3.37. The molecule has 0 bridgehead atoms. The average molecular weight is 382 g/mol. The second-order valence-corrected chi connectivity index (χ2v) is 6.87. The summed E-state index contributed by atoms with van der Waals surface area (Å²) in [7, 11) is 0. The van der Waals surface area contributed by atoms with Crippen LogP contribution in [0, 0.1) is 5.92 Å². The van der Waals surface area contributed by atoms with E-state index in [-0.39, 0.29) is 13.0 Å². The van der Waals surface area contributed by atoms with Crippen LogP contribution in [-0.4, -0.2) is 111 Å². The van der Waals surface area contributed by atoms with E-state index in [1.807, 2.05) is 6.92 Å². The van der Waals surface area contributed by atoms with E-state index >= 15 is 0 Å². The molecule has 0 aromatic rings. The van der Waals surface area contributed by atoms with Gasteiger partial charge in [-0.1, -0.05) is 6.92 Å². The fourth-order valence-electron chi connectivity index (χ4n) is 3.37. The number of aliphatic hydroxyl groups is 7. The molecule has 0 aromatic heterocycles. The van der Waals surface area contributed by atoms with E-state index < -0.39 is 74.3 Å². The summed E-state index contributed by atoms with van der Waals surface area (Å²) in [6, 6.07) is 0. The zero-order valence-corrected chi connectivity index (χ0v) is 14.7. The number of aliphatic hydroxyl groups excluding tert-OH is 7. The van der Waals surface area contributed by atoms with E-state index in [0.717, 1.165) is 0 Å². The second kappa shape index (κ2) is 9.69. The summed E-state index contributed by atoms with van der Waals surface area (Å²) in [5, 5.41) is 69.1. The van der Waals surface area contributed by atoms with Crippen molar-refractivity contribution < 1.29 is 50.0 Å². The molecule has 1 aliphatic heterocycles. The molecule has 0 radical (unpaired) electrons. The Balaban J connectivity index is 2.14. The Morgan fingerprint density at radius 3 is 2.15 bits per heavy atom. The molecule has 1 saturated heterocycles. The van der Waals surface area contributed by atoms with Crippen LogP contribution in [0.15, 0.2) is 0 Å². The zero-order chi connectivity index (χ0) is 19.4. The molecule has 10 nitrogen and oxygen atoms in total. The van der Waals surface area contributed by atoms with Gasteiger partial charge in [-0.2, -0.15) is 0 Å². The molecule has 0 unspecified atom stereocenters. The summed E-state index contributed by atoms with van der Waals surface area (Å²) >= 11 is 0. The van der Waals surface area contributed by atoms with Gasteiger partial charge in [-0.05, 0) is 12.8 Å². The van der Waals surface area contributed by atoms with Crippen molar-refractivity contribution in [1.82, 2.24) is 0 Å². The maximum absolute atomic E-state index is 10.4. The van der Waals surface area contributed by atoms with Crippen LogP contribution in [0.1, 0.15) is 19.8 Å². The van der Waals surface area contributed by atoms with Crippen LogP contribution in [0.5, 0.6) is 0 Å². The van der Waals surface area contributed by atoms with Crippen LogP contribution in [0.2, 0.25) is 0 Å². The van der Waals surface area contributed by atoms with Gasteiger partial charge < -0.3 is 50.0 Å². The monoisotopic (exact) mass is 382 g/mol. The van der Waals surface area contributed by atoms with Crippen molar-refractivity contribution >= 4 is 0 Å². The SMILES string of the molecule is CCCO[C@H]1O[C@H](CO)[C@@H](O)[C@H](O)[C@@H]1O[C@H]1C[C@H](CO)[C@@H](O)[C@H](O)[C@@H]1O. The van der Waals surface area contributed by atoms with Crippen molar-refractivity contribution in [3.63, 3.8) is 0 Å². The van der Waals surface area contributed by atoms with Gasteiger partial charge in [-0.15, -0.1) is 0 Å². The van der Waals surface area contributed by atoms with Gasteiger partial charge in [0, 0.05) is 19.1 Å². The lowest BCUT2D eigenvalue weighted by molar-refractivity contribution is -0.326. The smallest absolute Gasteiger partial charge is 0.186 e. The first-order valence-electron chi connectivity index (χ1n) is 8.90. The number of hydrogen-bond acceptors (Lipinski definition) is 10. The van der Waals surface area contributed by atoms with E-state index in [2.05, 4.69) is 0 Å². The van der Waals surface area contributed by atoms with Crippen molar-refractivity contribution in [3.8, 4) is 0 Å². The highest BCUT2D eigenvalue weighted by molar-refractivity contribution is 4.96. The normalized spacial score (nSPS) is 47.1. The summed E-state index contributed by atoms with van der Waals surface area (Å²) < 4.78 is 16.7. The Kier molecular flexibility index (Phi) is 8.16. The molecule has 26 heavy (non-hydrogen) atoms. The lowest BCUT2D eigenvalue weighted by atomic mass is 9.81. The van der Waals surface area contributed by atoms with Gasteiger partial charge in [0.05, 0.1) is 18.8 Å². The van der Waals surface area contributed by atoms with E-state index in [9.17, 15) is 35.7 Å². The van der Waals surface area contributed by atoms with E-state index in [0.29, 0.717) is 6.42 Å². The van der Waals surface area contributed by atoms with Gasteiger partial charge in [0.1, 0.15) is 36.6 Å².